The number of benzene rings is 1. The van der Waals surface area contributed by atoms with Gasteiger partial charge in [0.1, 0.15) is 0 Å². The minimum absolute atomic E-state index is 0.0131. The van der Waals surface area contributed by atoms with Gasteiger partial charge in [-0.05, 0) is 38.1 Å². The Morgan fingerprint density at radius 1 is 1.00 bits per heavy atom. The van der Waals surface area contributed by atoms with E-state index < -0.39 is 0 Å². The molecule has 0 unspecified atom stereocenters. The Bertz CT molecular complexity index is 989. The Kier molecular flexibility index (Phi) is 4.20. The standard InChI is InChI=1S/C19H18ClN5O/c1-12-9-13(2)22-19(21-12)24-10-16(11-24)25-18(26)8-7-17(23-25)14-3-5-15(20)6-4-14/h3-9,16H,10-11H2,1-2H3. The van der Waals surface area contributed by atoms with Gasteiger partial charge in [0.25, 0.3) is 5.56 Å². The van der Waals surface area contributed by atoms with Crippen LogP contribution in [0, 0.1) is 13.8 Å². The maximum Gasteiger partial charge on any atom is 0.267 e. The lowest BCUT2D eigenvalue weighted by Crippen LogP contribution is -2.51. The molecule has 1 aliphatic heterocycles. The van der Waals surface area contributed by atoms with Crippen molar-refractivity contribution in [2.45, 2.75) is 19.9 Å². The highest BCUT2D eigenvalue weighted by Gasteiger charge is 2.32. The van der Waals surface area contributed by atoms with Gasteiger partial charge in [0.05, 0.1) is 11.7 Å². The summed E-state index contributed by atoms with van der Waals surface area (Å²) < 4.78 is 1.56. The Morgan fingerprint density at radius 2 is 1.65 bits per heavy atom. The maximum absolute atomic E-state index is 12.3. The highest BCUT2D eigenvalue weighted by Crippen LogP contribution is 2.25. The molecule has 1 saturated heterocycles. The number of hydrogen-bond acceptors (Lipinski definition) is 5. The zero-order valence-corrected chi connectivity index (χ0v) is 15.3. The van der Waals surface area contributed by atoms with E-state index in [9.17, 15) is 4.79 Å². The van der Waals surface area contributed by atoms with Crippen molar-refractivity contribution in [1.82, 2.24) is 19.7 Å². The van der Waals surface area contributed by atoms with Crippen LogP contribution in [0.15, 0.2) is 47.3 Å². The maximum atomic E-state index is 12.3. The zero-order chi connectivity index (χ0) is 18.3. The third kappa shape index (κ3) is 3.20. The van der Waals surface area contributed by atoms with E-state index >= 15 is 0 Å². The van der Waals surface area contributed by atoms with Gasteiger partial charge in [-0.3, -0.25) is 4.79 Å². The summed E-state index contributed by atoms with van der Waals surface area (Å²) in [6, 6.07) is 12.7. The molecule has 0 radical (unpaired) electrons. The van der Waals surface area contributed by atoms with E-state index in [0.29, 0.717) is 24.1 Å². The van der Waals surface area contributed by atoms with Crippen molar-refractivity contribution in [3.63, 3.8) is 0 Å². The van der Waals surface area contributed by atoms with E-state index in [4.69, 9.17) is 11.6 Å². The lowest BCUT2D eigenvalue weighted by molar-refractivity contribution is 0.350. The van der Waals surface area contributed by atoms with Gasteiger partial charge >= 0.3 is 0 Å². The van der Waals surface area contributed by atoms with E-state index in [-0.39, 0.29) is 11.6 Å². The van der Waals surface area contributed by atoms with Gasteiger partial charge in [-0.25, -0.2) is 14.6 Å². The molecule has 2 aromatic heterocycles. The molecule has 0 amide bonds. The molecule has 132 valence electrons. The minimum atomic E-state index is -0.103. The molecule has 0 spiro atoms. The smallest absolute Gasteiger partial charge is 0.267 e. The summed E-state index contributed by atoms with van der Waals surface area (Å²) in [5.74, 6) is 0.709. The van der Waals surface area contributed by atoms with Crippen LogP contribution in [0.3, 0.4) is 0 Å². The number of hydrogen-bond donors (Lipinski definition) is 0. The fourth-order valence-corrected chi connectivity index (χ4v) is 3.21. The first-order valence-electron chi connectivity index (χ1n) is 8.42. The van der Waals surface area contributed by atoms with Crippen LogP contribution < -0.4 is 10.5 Å². The minimum Gasteiger partial charge on any atom is -0.336 e. The van der Waals surface area contributed by atoms with Gasteiger partial charge in [-0.1, -0.05) is 23.7 Å². The molecule has 0 atom stereocenters. The molecule has 7 heteroatoms. The number of aryl methyl sites for hydroxylation is 2. The van der Waals surface area contributed by atoms with Crippen molar-refractivity contribution in [2.75, 3.05) is 18.0 Å². The number of aromatic nitrogens is 4. The predicted molar refractivity (Wildman–Crippen MR) is 102 cm³/mol. The SMILES string of the molecule is Cc1cc(C)nc(N2CC(n3nc(-c4ccc(Cl)cc4)ccc3=O)C2)n1. The largest absolute Gasteiger partial charge is 0.336 e. The Morgan fingerprint density at radius 3 is 2.31 bits per heavy atom. The van der Waals surface area contributed by atoms with Crippen LogP contribution in [-0.2, 0) is 0 Å². The van der Waals surface area contributed by atoms with Crippen molar-refractivity contribution in [3.05, 3.63) is 69.2 Å². The van der Waals surface area contributed by atoms with Crippen molar-refractivity contribution >= 4 is 17.5 Å². The van der Waals surface area contributed by atoms with Crippen LogP contribution in [0.25, 0.3) is 11.3 Å². The molecule has 6 nitrogen and oxygen atoms in total. The third-order valence-electron chi connectivity index (χ3n) is 4.43. The number of anilines is 1. The highest BCUT2D eigenvalue weighted by atomic mass is 35.5. The molecule has 26 heavy (non-hydrogen) atoms. The molecule has 4 rings (SSSR count). The molecule has 0 aliphatic carbocycles. The van der Waals surface area contributed by atoms with Crippen LogP contribution in [0.1, 0.15) is 17.4 Å². The number of rotatable bonds is 3. The summed E-state index contributed by atoms with van der Waals surface area (Å²) in [4.78, 5) is 23.3. The van der Waals surface area contributed by atoms with Crippen molar-refractivity contribution in [3.8, 4) is 11.3 Å². The summed E-state index contributed by atoms with van der Waals surface area (Å²) in [7, 11) is 0. The molecular weight excluding hydrogens is 350 g/mol. The van der Waals surface area contributed by atoms with E-state index in [0.717, 1.165) is 22.6 Å². The van der Waals surface area contributed by atoms with Gasteiger partial charge in [-0.2, -0.15) is 5.10 Å². The van der Waals surface area contributed by atoms with E-state index in [1.54, 1.807) is 16.8 Å². The average Bonchev–Trinajstić information content (AvgIpc) is 2.55. The van der Waals surface area contributed by atoms with Crippen LogP contribution >= 0.6 is 11.6 Å². The van der Waals surface area contributed by atoms with Gasteiger partial charge in [0.15, 0.2) is 0 Å². The molecule has 3 heterocycles. The molecule has 0 N–H and O–H groups in total. The molecular formula is C19H18ClN5O. The summed E-state index contributed by atoms with van der Waals surface area (Å²) >= 11 is 5.94. The topological polar surface area (TPSA) is 63.9 Å². The highest BCUT2D eigenvalue weighted by molar-refractivity contribution is 6.30. The van der Waals surface area contributed by atoms with Gasteiger partial charge in [-0.15, -0.1) is 0 Å². The quantitative estimate of drug-likeness (QED) is 0.712. The second-order valence-corrected chi connectivity index (χ2v) is 6.95. The fourth-order valence-electron chi connectivity index (χ4n) is 3.08. The first kappa shape index (κ1) is 16.7. The van der Waals surface area contributed by atoms with E-state index in [1.165, 1.54) is 0 Å². The van der Waals surface area contributed by atoms with Gasteiger partial charge < -0.3 is 4.90 Å². The van der Waals surface area contributed by atoms with Crippen LogP contribution in [0.5, 0.6) is 0 Å². The van der Waals surface area contributed by atoms with Crippen molar-refractivity contribution in [2.24, 2.45) is 0 Å². The van der Waals surface area contributed by atoms with E-state index in [1.807, 2.05) is 44.2 Å². The molecule has 3 aromatic rings. The van der Waals surface area contributed by atoms with Crippen LogP contribution in [-0.4, -0.2) is 32.8 Å². The summed E-state index contributed by atoms with van der Waals surface area (Å²) in [6.07, 6.45) is 0. The Labute approximate surface area is 156 Å². The summed E-state index contributed by atoms with van der Waals surface area (Å²) in [5, 5.41) is 5.22. The van der Waals surface area contributed by atoms with Gasteiger partial charge in [0, 0.05) is 41.1 Å². The van der Waals surface area contributed by atoms with Crippen molar-refractivity contribution < 1.29 is 0 Å². The lowest BCUT2D eigenvalue weighted by atomic mass is 10.1. The summed E-state index contributed by atoms with van der Waals surface area (Å²) in [6.45, 7) is 5.24. The fraction of sp³-hybridized carbons (Fsp3) is 0.263. The second-order valence-electron chi connectivity index (χ2n) is 6.52. The third-order valence-corrected chi connectivity index (χ3v) is 4.68. The summed E-state index contributed by atoms with van der Waals surface area (Å²) in [5.41, 5.74) is 3.46. The van der Waals surface area contributed by atoms with Gasteiger partial charge in [0.2, 0.25) is 5.95 Å². The first-order valence-corrected chi connectivity index (χ1v) is 8.80. The molecule has 1 aromatic carbocycles. The number of nitrogens with zero attached hydrogens (tertiary/aromatic N) is 5. The predicted octanol–water partition coefficient (Wildman–Crippen LogP) is 3.03. The molecule has 0 bridgehead atoms. The second kappa shape index (κ2) is 6.53. The zero-order valence-electron chi connectivity index (χ0n) is 14.6. The average molecular weight is 368 g/mol. The normalized spacial score (nSPS) is 14.3. The Balaban J connectivity index is 1.56. The Hall–Kier alpha value is -2.73. The molecule has 0 saturated carbocycles. The first-order chi connectivity index (χ1) is 12.5. The van der Waals surface area contributed by atoms with Crippen LogP contribution in [0.2, 0.25) is 5.02 Å². The lowest BCUT2D eigenvalue weighted by Gasteiger charge is -2.39. The molecule has 1 aliphatic rings. The monoisotopic (exact) mass is 367 g/mol. The molecule has 1 fully saturated rings. The van der Waals surface area contributed by atoms with E-state index in [2.05, 4.69) is 20.0 Å². The van der Waals surface area contributed by atoms with Crippen molar-refractivity contribution in [1.29, 1.82) is 0 Å². The number of halogens is 1. The van der Waals surface area contributed by atoms with Crippen LogP contribution in [0.4, 0.5) is 5.95 Å².